The van der Waals surface area contributed by atoms with Crippen LogP contribution in [-0.4, -0.2) is 75.3 Å². The van der Waals surface area contributed by atoms with Crippen molar-refractivity contribution in [2.24, 2.45) is 0 Å². The van der Waals surface area contributed by atoms with E-state index in [1.807, 2.05) is 0 Å². The molecule has 0 aliphatic rings. The second-order valence-electron chi connectivity index (χ2n) is 0.268. The zero-order chi connectivity index (χ0) is 3.58. The van der Waals surface area contributed by atoms with Crippen molar-refractivity contribution < 1.29 is 23.0 Å². The van der Waals surface area contributed by atoms with Crippen molar-refractivity contribution in [1.82, 2.24) is 0 Å². The van der Waals surface area contributed by atoms with Gasteiger partial charge < -0.3 is 23.0 Å². The van der Waals surface area contributed by atoms with Gasteiger partial charge in [0.05, 0.1) is 0 Å². The van der Waals surface area contributed by atoms with Crippen LogP contribution in [0.15, 0.2) is 0 Å². The van der Waals surface area contributed by atoms with Gasteiger partial charge in [0, 0.05) is 0 Å². The number of hydrogen-bond acceptors (Lipinski definition) is 3. The summed E-state index contributed by atoms with van der Waals surface area (Å²) in [6.07, 6.45) is 0. The van der Waals surface area contributed by atoms with Crippen LogP contribution in [0.2, 0.25) is 0 Å². The van der Waals surface area contributed by atoms with Crippen molar-refractivity contribution in [3.05, 3.63) is 0 Å². The predicted octanol–water partition coefficient (Wildman–Crippen LogP) is -2.97. The molecule has 7 heavy (non-hydrogen) atoms. The Balaban J connectivity index is -0.00000000450. The van der Waals surface area contributed by atoms with E-state index in [-0.39, 0.29) is 63.4 Å². The Morgan fingerprint density at radius 1 is 1.14 bits per heavy atom. The first-order valence-electron chi connectivity index (χ1n) is 0.600. The van der Waals surface area contributed by atoms with E-state index < -0.39 is 8.60 Å². The Morgan fingerprint density at radius 3 is 1.14 bits per heavy atom. The SMILES string of the molecule is O.OP(O)O.[AlH3].[Ca+2].[H-].[H-]. The van der Waals surface area contributed by atoms with Gasteiger partial charge in [-0.25, -0.2) is 0 Å². The fourth-order valence-electron chi connectivity index (χ4n) is 0. The number of rotatable bonds is 0. The second kappa shape index (κ2) is 15.7. The quantitative estimate of drug-likeness (QED) is 0.269. The first-order valence-corrected chi connectivity index (χ1v) is 1.80. The van der Waals surface area contributed by atoms with Gasteiger partial charge in [0.2, 0.25) is 0 Å². The van der Waals surface area contributed by atoms with Gasteiger partial charge in [0.25, 0.3) is 0 Å². The van der Waals surface area contributed by atoms with Gasteiger partial charge in [-0.15, -0.1) is 0 Å². The molecule has 0 aromatic carbocycles. The van der Waals surface area contributed by atoms with Gasteiger partial charge in [0.15, 0.2) is 17.4 Å². The molecule has 0 saturated carbocycles. The third-order valence-corrected chi connectivity index (χ3v) is 0. The zero-order valence-electron chi connectivity index (χ0n) is 5.00. The van der Waals surface area contributed by atoms with E-state index in [1.165, 1.54) is 0 Å². The van der Waals surface area contributed by atoms with Crippen LogP contribution in [0, 0.1) is 0 Å². The normalized spacial score (nSPS) is 5.14. The average molecular weight is 172 g/mol. The fourth-order valence-corrected chi connectivity index (χ4v) is 0. The summed E-state index contributed by atoms with van der Waals surface area (Å²) < 4.78 is 0. The minimum atomic E-state index is -2.62. The maximum absolute atomic E-state index is 7.23. The van der Waals surface area contributed by atoms with E-state index in [0.717, 1.165) is 0 Å². The Labute approximate surface area is 86.0 Å². The van der Waals surface area contributed by atoms with Crippen molar-refractivity contribution in [2.45, 2.75) is 0 Å². The summed E-state index contributed by atoms with van der Waals surface area (Å²) in [4.78, 5) is 21.7. The van der Waals surface area contributed by atoms with Crippen LogP contribution in [0.4, 0.5) is 0 Å². The van der Waals surface area contributed by atoms with Crippen molar-refractivity contribution in [2.75, 3.05) is 0 Å². The molecule has 44 valence electrons. The topological polar surface area (TPSA) is 92.2 Å². The molecular weight excluding hydrogens is 162 g/mol. The van der Waals surface area contributed by atoms with Crippen molar-refractivity contribution in [1.29, 1.82) is 0 Å². The smallest absolute Gasteiger partial charge is 1.00 e. The minimum absolute atomic E-state index is 0. The van der Waals surface area contributed by atoms with Crippen molar-refractivity contribution in [3.63, 3.8) is 0 Å². The fraction of sp³-hybridized carbons (Fsp3) is 0. The van der Waals surface area contributed by atoms with Crippen LogP contribution in [0.3, 0.4) is 0 Å². The molecule has 0 fully saturated rings. The van der Waals surface area contributed by atoms with Gasteiger partial charge >= 0.3 is 46.3 Å². The van der Waals surface area contributed by atoms with Gasteiger partial charge in [-0.05, 0) is 0 Å². The summed E-state index contributed by atoms with van der Waals surface area (Å²) in [5.74, 6) is 0. The van der Waals surface area contributed by atoms with Crippen LogP contribution in [0.25, 0.3) is 0 Å². The average Bonchev–Trinajstić information content (AvgIpc) is 0.811. The summed E-state index contributed by atoms with van der Waals surface area (Å²) in [7, 11) is -2.62. The van der Waals surface area contributed by atoms with E-state index in [2.05, 4.69) is 0 Å². The van der Waals surface area contributed by atoms with Crippen LogP contribution in [0.5, 0.6) is 0 Å². The molecule has 0 aliphatic heterocycles. The summed E-state index contributed by atoms with van der Waals surface area (Å²) in [5, 5.41) is 0. The summed E-state index contributed by atoms with van der Waals surface area (Å²) in [5.41, 5.74) is 0. The minimum Gasteiger partial charge on any atom is -1.00 e. The van der Waals surface area contributed by atoms with E-state index in [0.29, 0.717) is 0 Å². The molecule has 0 aromatic heterocycles. The molecule has 0 spiro atoms. The summed E-state index contributed by atoms with van der Waals surface area (Å²) in [6.45, 7) is 0. The summed E-state index contributed by atoms with van der Waals surface area (Å²) >= 11 is 0. The molecular formula is H10AlCaO4P. The van der Waals surface area contributed by atoms with Gasteiger partial charge in [-0.2, -0.15) is 0 Å². The van der Waals surface area contributed by atoms with E-state index >= 15 is 0 Å². The molecule has 0 rings (SSSR count). The molecule has 0 bridgehead atoms. The van der Waals surface area contributed by atoms with Crippen LogP contribution < -0.4 is 0 Å². The maximum atomic E-state index is 7.23. The molecule has 0 aromatic rings. The van der Waals surface area contributed by atoms with Gasteiger partial charge in [-0.1, -0.05) is 0 Å². The first-order chi connectivity index (χ1) is 1.73. The van der Waals surface area contributed by atoms with Crippen molar-refractivity contribution in [3.8, 4) is 0 Å². The van der Waals surface area contributed by atoms with E-state index in [9.17, 15) is 0 Å². The van der Waals surface area contributed by atoms with Crippen LogP contribution in [-0.2, 0) is 0 Å². The molecule has 0 heterocycles. The monoisotopic (exact) mass is 172 g/mol. The van der Waals surface area contributed by atoms with Crippen LogP contribution >= 0.6 is 8.60 Å². The third kappa shape index (κ3) is 69.7. The Bertz CT molecular complexity index is 23.3. The van der Waals surface area contributed by atoms with Crippen LogP contribution in [0.1, 0.15) is 2.85 Å². The molecule has 0 radical (unpaired) electrons. The zero-order valence-corrected chi connectivity index (χ0v) is 6.10. The van der Waals surface area contributed by atoms with Gasteiger partial charge in [-0.3, -0.25) is 0 Å². The largest absolute Gasteiger partial charge is 2.00 e. The Hall–Kier alpha value is 2.06. The molecule has 7 heteroatoms. The van der Waals surface area contributed by atoms with Crippen molar-refractivity contribution >= 4 is 63.7 Å². The molecule has 0 saturated heterocycles. The van der Waals surface area contributed by atoms with E-state index in [1.54, 1.807) is 0 Å². The van der Waals surface area contributed by atoms with Gasteiger partial charge in [0.1, 0.15) is 0 Å². The Kier molecular flexibility index (Phi) is 51.5. The second-order valence-corrected chi connectivity index (χ2v) is 0.805. The molecule has 0 atom stereocenters. The standard InChI is InChI=1S/Al.Ca.H3O3P.H2O.5H/c;;1-4(2)3;;;;;;/h;;1-3H;1H2;;;;;/q;+2;;;;;;2*-1. The van der Waals surface area contributed by atoms with E-state index in [4.69, 9.17) is 14.7 Å². The third-order valence-electron chi connectivity index (χ3n) is 0. The summed E-state index contributed by atoms with van der Waals surface area (Å²) in [6, 6.07) is 0. The molecule has 0 amide bonds. The molecule has 4 nitrogen and oxygen atoms in total. The Morgan fingerprint density at radius 2 is 1.14 bits per heavy atom. The first kappa shape index (κ1) is 23.0. The number of hydrogen-bond donors (Lipinski definition) is 3. The molecule has 5 N–H and O–H groups in total. The molecule has 0 unspecified atom stereocenters. The molecule has 0 aliphatic carbocycles. The maximum Gasteiger partial charge on any atom is 2.00 e. The predicted molar refractivity (Wildman–Crippen MR) is 35.1 cm³/mol.